The number of likely N-dealkylation sites (N-methyl/N-ethyl adjacent to an activating group) is 1. The van der Waals surface area contributed by atoms with Crippen molar-refractivity contribution in [3.05, 3.63) is 52.0 Å². The van der Waals surface area contributed by atoms with E-state index in [9.17, 15) is 0 Å². The largest absolute Gasteiger partial charge is 0.418 e. The molecule has 141 valence electrons. The molecule has 7 heteroatoms. The number of piperazine rings is 1. The Kier molecular flexibility index (Phi) is 5.16. The van der Waals surface area contributed by atoms with Crippen LogP contribution in [0.4, 0.5) is 0 Å². The van der Waals surface area contributed by atoms with Crippen LogP contribution in [0.3, 0.4) is 0 Å². The van der Waals surface area contributed by atoms with E-state index >= 15 is 0 Å². The van der Waals surface area contributed by atoms with Crippen LogP contribution in [0.1, 0.15) is 17.1 Å². The third-order valence-electron chi connectivity index (χ3n) is 4.97. The lowest BCUT2D eigenvalue weighted by atomic mass is 10.2. The van der Waals surface area contributed by atoms with Crippen molar-refractivity contribution in [2.24, 2.45) is 0 Å². The van der Waals surface area contributed by atoms with Crippen molar-refractivity contribution in [3.63, 3.8) is 0 Å². The number of nitrogens with zero attached hydrogens (tertiary/aromatic N) is 5. The van der Waals surface area contributed by atoms with Gasteiger partial charge in [-0.15, -0.1) is 10.2 Å². The molecule has 0 amide bonds. The minimum Gasteiger partial charge on any atom is -0.418 e. The summed E-state index contributed by atoms with van der Waals surface area (Å²) in [6, 6.07) is 11.6. The highest BCUT2D eigenvalue weighted by molar-refractivity contribution is 9.10. The zero-order chi connectivity index (χ0) is 19.0. The summed E-state index contributed by atoms with van der Waals surface area (Å²) in [4.78, 5) is 4.69. The molecular formula is C20H23BrN5O. The average Bonchev–Trinajstić information content (AvgIpc) is 3.20. The summed E-state index contributed by atoms with van der Waals surface area (Å²) in [5.74, 6) is 1.20. The summed E-state index contributed by atoms with van der Waals surface area (Å²) in [5.41, 5.74) is 3.96. The number of halogens is 1. The molecule has 0 unspecified atom stereocenters. The Bertz CT molecular complexity index is 940. The molecular weight excluding hydrogens is 406 g/mol. The van der Waals surface area contributed by atoms with Crippen molar-refractivity contribution in [1.29, 1.82) is 0 Å². The van der Waals surface area contributed by atoms with Crippen molar-refractivity contribution in [3.8, 4) is 17.3 Å². The normalized spacial score (nSPS) is 16.1. The van der Waals surface area contributed by atoms with Crippen LogP contribution in [0.5, 0.6) is 0 Å². The SMILES string of the molecule is Cc1[c]c(C)n(-c2cccc(Br)c2)c1-c1nnc(CN2CCN(C)CC2)o1. The fraction of sp³-hybridized carbons (Fsp3) is 0.400. The van der Waals surface area contributed by atoms with E-state index in [1.54, 1.807) is 0 Å². The molecule has 4 rings (SSSR count). The molecule has 1 radical (unpaired) electrons. The van der Waals surface area contributed by atoms with E-state index in [1.165, 1.54) is 0 Å². The lowest BCUT2D eigenvalue weighted by Gasteiger charge is -2.31. The van der Waals surface area contributed by atoms with E-state index in [1.807, 2.05) is 26.0 Å². The van der Waals surface area contributed by atoms with Gasteiger partial charge in [-0.25, -0.2) is 0 Å². The molecule has 1 aliphatic rings. The van der Waals surface area contributed by atoms with E-state index in [4.69, 9.17) is 4.42 Å². The van der Waals surface area contributed by atoms with Crippen LogP contribution < -0.4 is 0 Å². The monoisotopic (exact) mass is 428 g/mol. The highest BCUT2D eigenvalue weighted by Crippen LogP contribution is 2.30. The van der Waals surface area contributed by atoms with Gasteiger partial charge in [0.2, 0.25) is 5.89 Å². The summed E-state index contributed by atoms with van der Waals surface area (Å²) in [6.45, 7) is 8.95. The van der Waals surface area contributed by atoms with E-state index < -0.39 is 0 Å². The first kappa shape index (κ1) is 18.4. The van der Waals surface area contributed by atoms with Crippen molar-refractivity contribution < 1.29 is 4.42 Å². The molecule has 2 aromatic heterocycles. The first-order chi connectivity index (χ1) is 13.0. The average molecular weight is 429 g/mol. The van der Waals surface area contributed by atoms with Crippen molar-refractivity contribution >= 4 is 15.9 Å². The molecule has 1 aromatic carbocycles. The van der Waals surface area contributed by atoms with Crippen LogP contribution in [0, 0.1) is 19.9 Å². The second-order valence-electron chi connectivity index (χ2n) is 7.08. The molecule has 0 atom stereocenters. The third-order valence-corrected chi connectivity index (χ3v) is 5.47. The van der Waals surface area contributed by atoms with Gasteiger partial charge in [0.1, 0.15) is 5.69 Å². The van der Waals surface area contributed by atoms with Crippen molar-refractivity contribution in [2.75, 3.05) is 33.2 Å². The predicted molar refractivity (Wildman–Crippen MR) is 108 cm³/mol. The summed E-state index contributed by atoms with van der Waals surface area (Å²) < 4.78 is 9.20. The number of hydrogen-bond donors (Lipinski definition) is 0. The van der Waals surface area contributed by atoms with Gasteiger partial charge < -0.3 is 13.9 Å². The van der Waals surface area contributed by atoms with Crippen LogP contribution in [0.25, 0.3) is 17.3 Å². The molecule has 1 aliphatic heterocycles. The lowest BCUT2D eigenvalue weighted by Crippen LogP contribution is -2.43. The number of aryl methyl sites for hydroxylation is 2. The molecule has 1 saturated heterocycles. The zero-order valence-corrected chi connectivity index (χ0v) is 17.5. The topological polar surface area (TPSA) is 50.3 Å². The van der Waals surface area contributed by atoms with Gasteiger partial charge in [0.05, 0.1) is 6.54 Å². The lowest BCUT2D eigenvalue weighted by molar-refractivity contribution is 0.138. The van der Waals surface area contributed by atoms with Crippen LogP contribution in [-0.2, 0) is 6.54 Å². The van der Waals surface area contributed by atoms with Gasteiger partial charge in [0, 0.05) is 48.1 Å². The minimum atomic E-state index is 0.543. The summed E-state index contributed by atoms with van der Waals surface area (Å²) in [7, 11) is 2.15. The molecule has 0 N–H and O–H groups in total. The Labute approximate surface area is 167 Å². The molecule has 0 spiro atoms. The Morgan fingerprint density at radius 2 is 1.93 bits per heavy atom. The van der Waals surface area contributed by atoms with E-state index in [-0.39, 0.29) is 0 Å². The number of hydrogen-bond acceptors (Lipinski definition) is 5. The first-order valence-corrected chi connectivity index (χ1v) is 9.91. The third kappa shape index (κ3) is 3.85. The van der Waals surface area contributed by atoms with Crippen molar-refractivity contribution in [2.45, 2.75) is 20.4 Å². The maximum Gasteiger partial charge on any atom is 0.265 e. The van der Waals surface area contributed by atoms with Gasteiger partial charge in [0.25, 0.3) is 5.89 Å². The van der Waals surface area contributed by atoms with Crippen molar-refractivity contribution in [1.82, 2.24) is 24.6 Å². The van der Waals surface area contributed by atoms with E-state index in [0.717, 1.165) is 53.3 Å². The Morgan fingerprint density at radius 1 is 1.15 bits per heavy atom. The first-order valence-electron chi connectivity index (χ1n) is 9.12. The minimum absolute atomic E-state index is 0.543. The maximum absolute atomic E-state index is 6.06. The molecule has 3 aromatic rings. The molecule has 6 nitrogen and oxygen atoms in total. The second-order valence-corrected chi connectivity index (χ2v) is 8.00. The van der Waals surface area contributed by atoms with Crippen LogP contribution in [-0.4, -0.2) is 57.8 Å². The van der Waals surface area contributed by atoms with Crippen LogP contribution >= 0.6 is 15.9 Å². The fourth-order valence-corrected chi connectivity index (χ4v) is 3.91. The molecule has 3 heterocycles. The quantitative estimate of drug-likeness (QED) is 0.636. The molecule has 0 bridgehead atoms. The van der Waals surface area contributed by atoms with Gasteiger partial charge in [-0.05, 0) is 44.7 Å². The predicted octanol–water partition coefficient (Wildman–Crippen LogP) is 3.45. The summed E-state index contributed by atoms with van der Waals surface area (Å²) >= 11 is 3.55. The van der Waals surface area contributed by atoms with Gasteiger partial charge in [-0.2, -0.15) is 0 Å². The van der Waals surface area contributed by atoms with Gasteiger partial charge >= 0.3 is 0 Å². The van der Waals surface area contributed by atoms with Gasteiger partial charge in [-0.1, -0.05) is 22.0 Å². The number of rotatable bonds is 4. The smallest absolute Gasteiger partial charge is 0.265 e. The second kappa shape index (κ2) is 7.58. The Hall–Kier alpha value is -1.96. The standard InChI is InChI=1S/C20H23BrN5O/c1-14-11-15(2)26(17-6-4-5-16(21)12-17)19(14)20-23-22-18(27-20)13-25-9-7-24(3)8-10-25/h4-6,12H,7-10,13H2,1-3H3. The maximum atomic E-state index is 6.06. The highest BCUT2D eigenvalue weighted by Gasteiger charge is 2.21. The van der Waals surface area contributed by atoms with Gasteiger partial charge in [0.15, 0.2) is 0 Å². The van der Waals surface area contributed by atoms with Crippen LogP contribution in [0.2, 0.25) is 0 Å². The fourth-order valence-electron chi connectivity index (χ4n) is 3.53. The molecule has 0 aliphatic carbocycles. The van der Waals surface area contributed by atoms with Gasteiger partial charge in [-0.3, -0.25) is 4.90 Å². The Morgan fingerprint density at radius 3 is 2.67 bits per heavy atom. The molecule has 1 fully saturated rings. The zero-order valence-electron chi connectivity index (χ0n) is 15.9. The number of benzene rings is 1. The molecule has 27 heavy (non-hydrogen) atoms. The Balaban J connectivity index is 1.64. The summed E-state index contributed by atoms with van der Waals surface area (Å²) in [6.07, 6.45) is 0. The highest BCUT2D eigenvalue weighted by atomic mass is 79.9. The number of aromatic nitrogens is 3. The van der Waals surface area contributed by atoms with E-state index in [2.05, 4.69) is 65.7 Å². The van der Waals surface area contributed by atoms with E-state index in [0.29, 0.717) is 18.3 Å². The van der Waals surface area contributed by atoms with Crippen LogP contribution in [0.15, 0.2) is 33.2 Å². The molecule has 0 saturated carbocycles. The summed E-state index contributed by atoms with van der Waals surface area (Å²) in [5, 5.41) is 8.64.